The molecule has 0 aromatic heterocycles. The molecule has 0 spiro atoms. The molecule has 51 nitrogen and oxygen atoms in total. The van der Waals surface area contributed by atoms with E-state index in [2.05, 4.69) is 90.4 Å². The Labute approximate surface area is 783 Å². The van der Waals surface area contributed by atoms with Crippen LogP contribution in [-0.2, 0) is 92.7 Å². The Morgan fingerprint density at radius 3 is 1.20 bits per heavy atom. The zero-order valence-corrected chi connectivity index (χ0v) is 78.4. The van der Waals surface area contributed by atoms with Crippen LogP contribution in [0.1, 0.15) is 190 Å². The number of phenolic OH excluding ortho intramolecular Hbond substituents is 1. The van der Waals surface area contributed by atoms with Crippen molar-refractivity contribution in [3.05, 3.63) is 29.8 Å². The van der Waals surface area contributed by atoms with E-state index in [-0.39, 0.29) is 153 Å². The van der Waals surface area contributed by atoms with Gasteiger partial charge in [-0.2, -0.15) is 0 Å². The number of aliphatic hydroxyl groups excluding tert-OH is 1. The van der Waals surface area contributed by atoms with Gasteiger partial charge in [-0.1, -0.05) is 80.4 Å². The fraction of sp³-hybridized carbons (Fsp3) is 0.667. The average molecular weight is 1910 g/mol. The monoisotopic (exact) mass is 1910 g/mol. The van der Waals surface area contributed by atoms with Crippen LogP contribution < -0.4 is 131 Å². The summed E-state index contributed by atoms with van der Waals surface area (Å²) >= 11 is 0. The normalized spacial score (nSPS) is 16.9. The second-order valence-corrected chi connectivity index (χ2v) is 34.7. The maximum Gasteiger partial charge on any atom is 0.326 e. The molecular weight excluding hydrogens is 1770 g/mol. The number of guanidine groups is 4. The van der Waals surface area contributed by atoms with E-state index in [1.807, 2.05) is 0 Å². The molecule has 756 valence electrons. The minimum absolute atomic E-state index is 0.0114. The standard InChI is InChI=1S/C84H144N30O21/c1-11-43(7)63(111-67(121)49(85)19-13-29-96-81(88)89)76(130)107-54(37-47-25-27-48(116)28-26-47)72(126)103-50(20-14-30-97-82(90)91)68(122)101-45(9)65(119)100-46(10)66(120)102-51(21-15-31-98-83(92)93)69(123)105-55(38-61(86)117)73(127)104-52(22-16-32-99-84(94)95)70(124)112-64(44(8)12-2)77(131)106-53(35-41(3)4)71(125)108-56(39-62(87)118)78(132)114-34-18-24-60(114)79(133)113-33-17-23-59(113)75(129)110-58(40-115)74(128)109-57(80(134)135)36-42(5)6/h25-28,41-46,49-60,63-64,115-116H,11-24,29-40,85H2,1-10H3,(H2,86,117)(H2,87,118)(H,100,119)(H,101,122)(H,102,120)(H,103,126)(H,104,127)(H,105,123)(H,106,131)(H,107,130)(H,108,125)(H,109,128)(H,110,129)(H,111,121)(H,112,124)(H,134,135)(H4,88,89,96)(H4,90,91,97)(H4,92,93,98)(H4,94,95,99)/t43-,44-,45-,46-,49-,50-,51-,52-,53-,54-,55-,56-,57-,58-,59-,60-,63-,64-/m0/s1. The van der Waals surface area contributed by atoms with Crippen LogP contribution in [0.25, 0.3) is 0 Å². The van der Waals surface area contributed by atoms with Gasteiger partial charge in [-0.15, -0.1) is 0 Å². The number of carboxylic acids is 1. The van der Waals surface area contributed by atoms with Gasteiger partial charge >= 0.3 is 5.97 Å². The van der Waals surface area contributed by atoms with E-state index in [0.717, 1.165) is 4.90 Å². The first kappa shape index (κ1) is 116. The fourth-order valence-corrected chi connectivity index (χ4v) is 14.7. The smallest absolute Gasteiger partial charge is 0.326 e. The number of carbonyl (C=O) groups excluding carboxylic acids is 17. The van der Waals surface area contributed by atoms with Crippen molar-refractivity contribution in [3.8, 4) is 5.75 Å². The Hall–Kier alpha value is -13.5. The molecule has 51 heteroatoms. The van der Waals surface area contributed by atoms with Crippen LogP contribution in [-0.4, -0.2) is 298 Å². The number of nitrogens with one attached hydrogen (secondary N) is 21. The predicted octanol–water partition coefficient (Wildman–Crippen LogP) is -8.35. The highest BCUT2D eigenvalue weighted by molar-refractivity contribution is 6.02. The van der Waals surface area contributed by atoms with Gasteiger partial charge in [0.1, 0.15) is 96.4 Å². The molecule has 18 atom stereocenters. The van der Waals surface area contributed by atoms with Crippen LogP contribution >= 0.6 is 0 Å². The first-order valence-corrected chi connectivity index (χ1v) is 45.2. The number of hydrogen-bond donors (Lipinski definition) is 31. The van der Waals surface area contributed by atoms with Crippen LogP contribution in [0.15, 0.2) is 24.3 Å². The van der Waals surface area contributed by atoms with Crippen LogP contribution in [0.3, 0.4) is 0 Å². The number of nitrogens with zero attached hydrogens (tertiary/aromatic N) is 2. The second kappa shape index (κ2) is 58.5. The van der Waals surface area contributed by atoms with Gasteiger partial charge in [0, 0.05) is 45.7 Å². The zero-order valence-electron chi connectivity index (χ0n) is 78.4. The number of aromatic hydroxyl groups is 1. The van der Waals surface area contributed by atoms with Crippen LogP contribution in [0.5, 0.6) is 5.75 Å². The Kier molecular flexibility index (Phi) is 50.1. The number of phenols is 1. The average Bonchev–Trinajstić information content (AvgIpc) is 1.66. The van der Waals surface area contributed by atoms with E-state index in [4.69, 9.17) is 61.8 Å². The summed E-state index contributed by atoms with van der Waals surface area (Å²) in [5, 5.41) is 103. The molecule has 0 bridgehead atoms. The minimum atomic E-state index is -1.94. The van der Waals surface area contributed by atoms with E-state index in [1.165, 1.54) is 43.0 Å². The van der Waals surface area contributed by atoms with Crippen molar-refractivity contribution in [3.63, 3.8) is 0 Å². The number of carbonyl (C=O) groups is 18. The van der Waals surface area contributed by atoms with Crippen molar-refractivity contribution in [1.82, 2.24) is 100 Å². The lowest BCUT2D eigenvalue weighted by Gasteiger charge is -2.33. The lowest BCUT2D eigenvalue weighted by atomic mass is 9.96. The number of primary amides is 2. The first-order valence-electron chi connectivity index (χ1n) is 45.2. The summed E-state index contributed by atoms with van der Waals surface area (Å²) in [5.74, 6) is -21.5. The number of aliphatic carboxylic acids is 1. The third-order valence-electron chi connectivity index (χ3n) is 22.5. The molecule has 2 saturated heterocycles. The summed E-state index contributed by atoms with van der Waals surface area (Å²) < 4.78 is 0. The van der Waals surface area contributed by atoms with E-state index in [1.54, 1.807) is 55.4 Å². The Morgan fingerprint density at radius 2 is 0.748 bits per heavy atom. The van der Waals surface area contributed by atoms with Gasteiger partial charge in [-0.25, -0.2) is 4.79 Å². The van der Waals surface area contributed by atoms with Crippen molar-refractivity contribution >= 4 is 130 Å². The molecular formula is C84H144N30O21. The Morgan fingerprint density at radius 1 is 0.400 bits per heavy atom. The van der Waals surface area contributed by atoms with Crippen LogP contribution in [0, 0.1) is 45.3 Å². The van der Waals surface area contributed by atoms with E-state index < -0.39 is 252 Å². The van der Waals surface area contributed by atoms with Crippen LogP contribution in [0.2, 0.25) is 0 Å². The summed E-state index contributed by atoms with van der Waals surface area (Å²) in [5.41, 5.74) is 39.9. The summed E-state index contributed by atoms with van der Waals surface area (Å²) in [4.78, 5) is 255. The van der Waals surface area contributed by atoms with E-state index in [0.29, 0.717) is 24.8 Å². The quantitative estimate of drug-likeness (QED) is 0.0164. The van der Waals surface area contributed by atoms with Crippen molar-refractivity contribution < 1.29 is 102 Å². The second-order valence-electron chi connectivity index (χ2n) is 34.7. The van der Waals surface area contributed by atoms with Gasteiger partial charge < -0.3 is 156 Å². The maximum absolute atomic E-state index is 14.8. The molecule has 2 fully saturated rings. The highest BCUT2D eigenvalue weighted by Crippen LogP contribution is 2.27. The maximum atomic E-state index is 14.8. The molecule has 1 aromatic rings. The number of amides is 17. The third-order valence-corrected chi connectivity index (χ3v) is 22.5. The summed E-state index contributed by atoms with van der Waals surface area (Å²) in [6.45, 7) is 15.1. The molecule has 17 amide bonds. The number of benzene rings is 1. The molecule has 135 heavy (non-hydrogen) atoms. The lowest BCUT2D eigenvalue weighted by Crippen LogP contribution is -2.62. The summed E-state index contributed by atoms with van der Waals surface area (Å²) in [7, 11) is 0. The Bertz CT molecular complexity index is 4280. The fourth-order valence-electron chi connectivity index (χ4n) is 14.7. The first-order chi connectivity index (χ1) is 63.4. The van der Waals surface area contributed by atoms with Gasteiger partial charge in [-0.3, -0.25) is 103 Å². The van der Waals surface area contributed by atoms with Gasteiger partial charge in [-0.05, 0) is 145 Å². The third kappa shape index (κ3) is 41.3. The van der Waals surface area contributed by atoms with Gasteiger partial charge in [0.15, 0.2) is 23.8 Å². The minimum Gasteiger partial charge on any atom is -0.508 e. The molecule has 2 aliphatic heterocycles. The SMILES string of the molecule is CC[C@H](C)[C@H](NC(=O)[C@H](CCCNC(=N)N)NC(=O)[C@H](CC(N)=O)NC(=O)[C@H](CCCNC(=N)N)NC(=O)[C@H](C)NC(=O)[C@H](C)NC(=O)[C@H](CCCNC(=N)N)NC(=O)[C@H](Cc1ccc(O)cc1)NC(=O)[C@@H](NC(=O)[C@@H](N)CCCNC(=N)N)[C@@H](C)CC)C(=O)N[C@@H](CC(C)C)C(=O)N[C@@H](CC(N)=O)C(=O)N1CCC[C@H]1C(=O)N1CCC[C@H]1C(=O)N[C@@H](CO)C(=O)N[C@@H](CC(C)C)C(=O)O. The van der Waals surface area contributed by atoms with E-state index >= 15 is 0 Å². The lowest BCUT2D eigenvalue weighted by molar-refractivity contribution is -0.148. The molecule has 0 saturated carbocycles. The van der Waals surface area contributed by atoms with E-state index in [9.17, 15) is 102 Å². The number of aliphatic hydroxyl groups is 1. The molecule has 2 heterocycles. The van der Waals surface area contributed by atoms with Crippen molar-refractivity contribution in [2.45, 2.75) is 288 Å². The summed E-state index contributed by atoms with van der Waals surface area (Å²) in [6, 6.07) is -18.2. The number of rotatable bonds is 60. The molecule has 38 N–H and O–H groups in total. The molecule has 0 radical (unpaired) electrons. The van der Waals surface area contributed by atoms with Crippen LogP contribution in [0.4, 0.5) is 0 Å². The van der Waals surface area contributed by atoms with Crippen molar-refractivity contribution in [2.75, 3.05) is 45.9 Å². The Balaban J connectivity index is 1.93. The number of carboxylic acid groups (broad SMARTS) is 1. The van der Waals surface area contributed by atoms with Gasteiger partial charge in [0.2, 0.25) is 100 Å². The van der Waals surface area contributed by atoms with Crippen molar-refractivity contribution in [2.24, 2.45) is 63.8 Å². The number of nitrogens with two attached hydrogens (primary N) is 7. The highest BCUT2D eigenvalue weighted by Gasteiger charge is 2.46. The summed E-state index contributed by atoms with van der Waals surface area (Å²) in [6.07, 6.45) is -1.17. The van der Waals surface area contributed by atoms with Gasteiger partial charge in [0.05, 0.1) is 25.5 Å². The number of likely N-dealkylation sites (tertiary alicyclic amines) is 2. The molecule has 1 aromatic carbocycles. The molecule has 2 aliphatic rings. The molecule has 3 rings (SSSR count). The number of hydrogen-bond acceptors (Lipinski definition) is 25. The topological polar surface area (TPSA) is 856 Å². The van der Waals surface area contributed by atoms with Crippen molar-refractivity contribution in [1.29, 1.82) is 21.6 Å². The largest absolute Gasteiger partial charge is 0.508 e. The molecule has 0 aliphatic carbocycles. The highest BCUT2D eigenvalue weighted by atomic mass is 16.4. The predicted molar refractivity (Wildman–Crippen MR) is 492 cm³/mol. The van der Waals surface area contributed by atoms with Gasteiger partial charge in [0.25, 0.3) is 0 Å². The zero-order chi connectivity index (χ0) is 102. The molecule has 0 unspecified atom stereocenters.